The Bertz CT molecular complexity index is 974. The third-order valence-electron chi connectivity index (χ3n) is 3.66. The highest BCUT2D eigenvalue weighted by atomic mass is 32.2. The second kappa shape index (κ2) is 10.7. The zero-order valence-electron chi connectivity index (χ0n) is 16.2. The van der Waals surface area contributed by atoms with Crippen LogP contribution in [0.2, 0.25) is 0 Å². The number of thiophene rings is 1. The number of hydrogen-bond donors (Lipinski definition) is 3. The van der Waals surface area contributed by atoms with Crippen LogP contribution >= 0.6 is 11.3 Å². The summed E-state index contributed by atoms with van der Waals surface area (Å²) in [6.07, 6.45) is 0. The lowest BCUT2D eigenvalue weighted by molar-refractivity contribution is -0.149. The number of ether oxygens (including phenoxy) is 2. The molecule has 0 spiro atoms. The lowest BCUT2D eigenvalue weighted by Crippen LogP contribution is -2.43. The van der Waals surface area contributed by atoms with Gasteiger partial charge in [0, 0.05) is 4.88 Å². The van der Waals surface area contributed by atoms with Crippen LogP contribution in [0, 0.1) is 0 Å². The second-order valence-corrected chi connectivity index (χ2v) is 8.68. The third-order valence-corrected chi connectivity index (χ3v) is 6.09. The fourth-order valence-electron chi connectivity index (χ4n) is 2.15. The van der Waals surface area contributed by atoms with E-state index in [0.29, 0.717) is 5.75 Å². The maximum absolute atomic E-state index is 12.3. The average Bonchev–Trinajstić information content (AvgIpc) is 3.24. The summed E-state index contributed by atoms with van der Waals surface area (Å²) in [5.74, 6) is -1.34. The minimum atomic E-state index is -3.99. The summed E-state index contributed by atoms with van der Waals surface area (Å²) in [6, 6.07) is 7.23. The number of amides is 3. The predicted molar refractivity (Wildman–Crippen MR) is 108 cm³/mol. The monoisotopic (exact) mass is 455 g/mol. The number of sulfonamides is 1. The molecule has 1 aromatic heterocycles. The molecule has 0 aliphatic rings. The van der Waals surface area contributed by atoms with Gasteiger partial charge in [0.25, 0.3) is 5.91 Å². The summed E-state index contributed by atoms with van der Waals surface area (Å²) < 4.78 is 36.5. The number of nitrogens with one attached hydrogen (secondary N) is 3. The molecule has 1 heterocycles. The number of rotatable bonds is 9. The Morgan fingerprint density at radius 2 is 1.83 bits per heavy atom. The van der Waals surface area contributed by atoms with Crippen LogP contribution in [0.15, 0.2) is 46.7 Å². The second-order valence-electron chi connectivity index (χ2n) is 5.94. The molecule has 3 amide bonds. The summed E-state index contributed by atoms with van der Waals surface area (Å²) in [5.41, 5.74) is 0. The molecule has 0 unspecified atom stereocenters. The highest BCUT2D eigenvalue weighted by Crippen LogP contribution is 2.15. The van der Waals surface area contributed by atoms with E-state index in [1.165, 1.54) is 49.6 Å². The first-order valence-electron chi connectivity index (χ1n) is 8.64. The highest BCUT2D eigenvalue weighted by Gasteiger charge is 2.24. The maximum Gasteiger partial charge on any atom is 0.324 e. The van der Waals surface area contributed by atoms with Gasteiger partial charge in [-0.05, 0) is 42.6 Å². The van der Waals surface area contributed by atoms with E-state index < -0.39 is 40.6 Å². The Morgan fingerprint density at radius 3 is 2.43 bits per heavy atom. The van der Waals surface area contributed by atoms with Crippen LogP contribution in [0.1, 0.15) is 11.8 Å². The van der Waals surface area contributed by atoms with E-state index >= 15 is 0 Å². The lowest BCUT2D eigenvalue weighted by atomic mass is 10.3. The van der Waals surface area contributed by atoms with Crippen LogP contribution in [0.5, 0.6) is 5.75 Å². The standard InChI is InChI=1S/C18H21N3O7S2/c1-12(21-30(25,26)15-7-5-13(27-2)6-8-15)17(23)28-11-16(22)20-18(24)19-10-14-4-3-9-29-14/h3-9,12,21H,10-11H2,1-2H3,(H2,19,20,22,24)/t12-/m0/s1. The first-order valence-corrected chi connectivity index (χ1v) is 11.0. The van der Waals surface area contributed by atoms with Crippen LogP contribution in [-0.2, 0) is 30.9 Å². The van der Waals surface area contributed by atoms with E-state index in [1.54, 1.807) is 0 Å². The Morgan fingerprint density at radius 1 is 1.13 bits per heavy atom. The van der Waals surface area contributed by atoms with Crippen molar-refractivity contribution in [3.8, 4) is 5.75 Å². The molecule has 0 saturated carbocycles. The van der Waals surface area contributed by atoms with Gasteiger partial charge in [0.05, 0.1) is 18.6 Å². The van der Waals surface area contributed by atoms with Gasteiger partial charge in [-0.25, -0.2) is 13.2 Å². The van der Waals surface area contributed by atoms with Crippen molar-refractivity contribution in [2.45, 2.75) is 24.4 Å². The zero-order chi connectivity index (χ0) is 22.1. The molecular formula is C18H21N3O7S2. The van der Waals surface area contributed by atoms with Crippen molar-refractivity contribution >= 4 is 39.3 Å². The molecule has 0 bridgehead atoms. The third kappa shape index (κ3) is 7.13. The molecule has 2 rings (SSSR count). The number of carbonyl (C=O) groups excluding carboxylic acids is 3. The van der Waals surface area contributed by atoms with Crippen LogP contribution in [0.4, 0.5) is 4.79 Å². The largest absolute Gasteiger partial charge is 0.497 e. The Labute approximate surface area is 177 Å². The summed E-state index contributed by atoms with van der Waals surface area (Å²) in [4.78, 5) is 36.2. The Balaban J connectivity index is 1.77. The number of imide groups is 1. The van der Waals surface area contributed by atoms with E-state index in [9.17, 15) is 22.8 Å². The van der Waals surface area contributed by atoms with Gasteiger partial charge in [-0.1, -0.05) is 6.07 Å². The summed E-state index contributed by atoms with van der Waals surface area (Å²) in [7, 11) is -2.54. The molecule has 0 aliphatic heterocycles. The van der Waals surface area contributed by atoms with Crippen molar-refractivity contribution in [1.29, 1.82) is 0 Å². The molecule has 10 nitrogen and oxygen atoms in total. The fourth-order valence-corrected chi connectivity index (χ4v) is 3.99. The number of benzene rings is 1. The minimum Gasteiger partial charge on any atom is -0.497 e. The highest BCUT2D eigenvalue weighted by molar-refractivity contribution is 7.89. The Hall–Kier alpha value is -2.96. The summed E-state index contributed by atoms with van der Waals surface area (Å²) in [5, 5.41) is 6.34. The van der Waals surface area contributed by atoms with Gasteiger partial charge in [-0.2, -0.15) is 4.72 Å². The zero-order valence-corrected chi connectivity index (χ0v) is 17.8. The van der Waals surface area contributed by atoms with Gasteiger partial charge in [0.2, 0.25) is 10.0 Å². The van der Waals surface area contributed by atoms with Gasteiger partial charge in [0.1, 0.15) is 11.8 Å². The van der Waals surface area contributed by atoms with Gasteiger partial charge in [0.15, 0.2) is 6.61 Å². The number of esters is 1. The van der Waals surface area contributed by atoms with Crippen molar-refractivity contribution in [3.63, 3.8) is 0 Å². The van der Waals surface area contributed by atoms with Crippen molar-refractivity contribution < 1.29 is 32.3 Å². The molecule has 0 saturated heterocycles. The SMILES string of the molecule is COc1ccc(S(=O)(=O)N[C@@H](C)C(=O)OCC(=O)NC(=O)NCc2cccs2)cc1. The van der Waals surface area contributed by atoms with Gasteiger partial charge >= 0.3 is 12.0 Å². The van der Waals surface area contributed by atoms with Crippen LogP contribution in [0.3, 0.4) is 0 Å². The molecule has 2 aromatic rings. The van der Waals surface area contributed by atoms with Crippen LogP contribution in [-0.4, -0.2) is 46.1 Å². The van der Waals surface area contributed by atoms with E-state index in [-0.39, 0.29) is 11.4 Å². The minimum absolute atomic E-state index is 0.0666. The number of carbonyl (C=O) groups is 3. The number of urea groups is 1. The quantitative estimate of drug-likeness (QED) is 0.479. The van der Waals surface area contributed by atoms with E-state index in [2.05, 4.69) is 10.0 Å². The molecule has 3 N–H and O–H groups in total. The topological polar surface area (TPSA) is 140 Å². The van der Waals surface area contributed by atoms with Gasteiger partial charge < -0.3 is 14.8 Å². The van der Waals surface area contributed by atoms with Gasteiger partial charge in [-0.15, -0.1) is 11.3 Å². The fraction of sp³-hybridized carbons (Fsp3) is 0.278. The average molecular weight is 456 g/mol. The van der Waals surface area contributed by atoms with Crippen LogP contribution < -0.4 is 20.1 Å². The van der Waals surface area contributed by atoms with Crippen LogP contribution in [0.25, 0.3) is 0 Å². The maximum atomic E-state index is 12.3. The van der Waals surface area contributed by atoms with Crippen molar-refractivity contribution in [1.82, 2.24) is 15.4 Å². The summed E-state index contributed by atoms with van der Waals surface area (Å²) in [6.45, 7) is 0.787. The molecule has 1 atom stereocenters. The molecule has 0 aliphatic carbocycles. The van der Waals surface area contributed by atoms with E-state index in [4.69, 9.17) is 9.47 Å². The molecule has 12 heteroatoms. The van der Waals surface area contributed by atoms with Crippen molar-refractivity contribution in [3.05, 3.63) is 46.7 Å². The number of hydrogen-bond acceptors (Lipinski definition) is 8. The predicted octanol–water partition coefficient (Wildman–Crippen LogP) is 0.993. The van der Waals surface area contributed by atoms with E-state index in [0.717, 1.165) is 4.88 Å². The molecule has 1 aromatic carbocycles. The number of methoxy groups -OCH3 is 1. The Kier molecular flexibility index (Phi) is 8.33. The molecule has 162 valence electrons. The van der Waals surface area contributed by atoms with Gasteiger partial charge in [-0.3, -0.25) is 14.9 Å². The normalized spacial score (nSPS) is 11.9. The molecule has 0 fully saturated rings. The van der Waals surface area contributed by atoms with Crippen molar-refractivity contribution in [2.24, 2.45) is 0 Å². The first kappa shape index (κ1) is 23.3. The van der Waals surface area contributed by atoms with E-state index in [1.807, 2.05) is 22.8 Å². The summed E-state index contributed by atoms with van der Waals surface area (Å²) >= 11 is 1.45. The smallest absolute Gasteiger partial charge is 0.324 e. The first-order chi connectivity index (χ1) is 14.2. The lowest BCUT2D eigenvalue weighted by Gasteiger charge is -2.14. The molecule has 0 radical (unpaired) electrons. The molecular weight excluding hydrogens is 434 g/mol. The molecule has 30 heavy (non-hydrogen) atoms. The van der Waals surface area contributed by atoms with Crippen molar-refractivity contribution in [2.75, 3.05) is 13.7 Å².